The molecule has 15 heavy (non-hydrogen) atoms. The standard InChI is InChI=1S/C10H14N4S/c1-7(2)5-14-6-12-13-10(14)8-3-4-15-9(8)11/h3-4,6-7H,5,11H2,1-2H3. The summed E-state index contributed by atoms with van der Waals surface area (Å²) in [7, 11) is 0. The first-order chi connectivity index (χ1) is 7.18. The third-order valence-electron chi connectivity index (χ3n) is 2.11. The van der Waals surface area contributed by atoms with Gasteiger partial charge in [-0.05, 0) is 17.4 Å². The monoisotopic (exact) mass is 222 g/mol. The molecule has 80 valence electrons. The first-order valence-electron chi connectivity index (χ1n) is 4.89. The van der Waals surface area contributed by atoms with E-state index in [1.165, 1.54) is 11.3 Å². The van der Waals surface area contributed by atoms with Crippen molar-refractivity contribution in [1.82, 2.24) is 14.8 Å². The normalized spacial score (nSPS) is 11.1. The van der Waals surface area contributed by atoms with Crippen LogP contribution in [0.4, 0.5) is 5.00 Å². The number of anilines is 1. The van der Waals surface area contributed by atoms with E-state index in [1.54, 1.807) is 6.33 Å². The zero-order chi connectivity index (χ0) is 10.8. The Morgan fingerprint density at radius 1 is 1.53 bits per heavy atom. The number of aromatic nitrogens is 3. The number of nitrogens with two attached hydrogens (primary N) is 1. The van der Waals surface area contributed by atoms with Crippen molar-refractivity contribution in [2.75, 3.05) is 5.73 Å². The van der Waals surface area contributed by atoms with Crippen LogP contribution >= 0.6 is 11.3 Å². The van der Waals surface area contributed by atoms with Crippen molar-refractivity contribution in [3.63, 3.8) is 0 Å². The highest BCUT2D eigenvalue weighted by molar-refractivity contribution is 7.14. The van der Waals surface area contributed by atoms with Gasteiger partial charge in [-0.25, -0.2) is 0 Å². The smallest absolute Gasteiger partial charge is 0.166 e. The molecule has 0 amide bonds. The third kappa shape index (κ3) is 2.02. The molecule has 0 bridgehead atoms. The molecule has 0 aromatic carbocycles. The van der Waals surface area contributed by atoms with Crippen molar-refractivity contribution in [1.29, 1.82) is 0 Å². The van der Waals surface area contributed by atoms with Crippen LogP contribution < -0.4 is 5.73 Å². The second kappa shape index (κ2) is 4.02. The van der Waals surface area contributed by atoms with Crippen molar-refractivity contribution in [3.8, 4) is 11.4 Å². The molecule has 5 heteroatoms. The van der Waals surface area contributed by atoms with Crippen molar-refractivity contribution >= 4 is 16.3 Å². The maximum absolute atomic E-state index is 5.87. The number of hydrogen-bond donors (Lipinski definition) is 1. The van der Waals surface area contributed by atoms with Crippen molar-refractivity contribution < 1.29 is 0 Å². The predicted molar refractivity (Wildman–Crippen MR) is 62.6 cm³/mol. The van der Waals surface area contributed by atoms with E-state index in [0.29, 0.717) is 5.92 Å². The highest BCUT2D eigenvalue weighted by Gasteiger charge is 2.11. The molecule has 0 radical (unpaired) electrons. The lowest BCUT2D eigenvalue weighted by atomic mass is 10.2. The number of thiophene rings is 1. The minimum atomic E-state index is 0.569. The Hall–Kier alpha value is -1.36. The molecule has 0 atom stereocenters. The molecule has 4 nitrogen and oxygen atoms in total. The fourth-order valence-electron chi connectivity index (χ4n) is 1.50. The van der Waals surface area contributed by atoms with Gasteiger partial charge in [0.15, 0.2) is 5.82 Å². The Labute approximate surface area is 92.8 Å². The minimum Gasteiger partial charge on any atom is -0.390 e. The lowest BCUT2D eigenvalue weighted by Gasteiger charge is -2.08. The Morgan fingerprint density at radius 3 is 2.93 bits per heavy atom. The first-order valence-corrected chi connectivity index (χ1v) is 5.77. The van der Waals surface area contributed by atoms with E-state index in [0.717, 1.165) is 22.9 Å². The van der Waals surface area contributed by atoms with Crippen LogP contribution in [0.1, 0.15) is 13.8 Å². The number of rotatable bonds is 3. The van der Waals surface area contributed by atoms with Crippen LogP contribution in [-0.2, 0) is 6.54 Å². The van der Waals surface area contributed by atoms with Crippen LogP contribution in [0.2, 0.25) is 0 Å². The van der Waals surface area contributed by atoms with E-state index in [9.17, 15) is 0 Å². The van der Waals surface area contributed by atoms with E-state index < -0.39 is 0 Å². The summed E-state index contributed by atoms with van der Waals surface area (Å²) >= 11 is 1.53. The summed E-state index contributed by atoms with van der Waals surface area (Å²) in [6.45, 7) is 5.25. The zero-order valence-electron chi connectivity index (χ0n) is 8.84. The van der Waals surface area contributed by atoms with E-state index in [4.69, 9.17) is 5.73 Å². The summed E-state index contributed by atoms with van der Waals surface area (Å²) < 4.78 is 2.04. The van der Waals surface area contributed by atoms with E-state index >= 15 is 0 Å². The maximum atomic E-state index is 5.87. The van der Waals surface area contributed by atoms with E-state index in [1.807, 2.05) is 16.0 Å². The predicted octanol–water partition coefficient (Wildman–Crippen LogP) is 2.24. The average molecular weight is 222 g/mol. The van der Waals surface area contributed by atoms with Gasteiger partial charge in [-0.2, -0.15) is 0 Å². The van der Waals surface area contributed by atoms with Gasteiger partial charge in [0.05, 0.1) is 10.6 Å². The summed E-state index contributed by atoms with van der Waals surface area (Å²) in [5.74, 6) is 1.43. The van der Waals surface area contributed by atoms with Crippen LogP contribution in [-0.4, -0.2) is 14.8 Å². The first kappa shape index (κ1) is 10.2. The molecule has 0 aliphatic rings. The van der Waals surface area contributed by atoms with Gasteiger partial charge in [0.2, 0.25) is 0 Å². The quantitative estimate of drug-likeness (QED) is 0.866. The fourth-order valence-corrected chi connectivity index (χ4v) is 2.13. The highest BCUT2D eigenvalue weighted by atomic mass is 32.1. The summed E-state index contributed by atoms with van der Waals surface area (Å²) in [6.07, 6.45) is 1.76. The molecular formula is C10H14N4S. The average Bonchev–Trinajstić information content (AvgIpc) is 2.73. The van der Waals surface area contributed by atoms with Crippen LogP contribution in [0.3, 0.4) is 0 Å². The van der Waals surface area contributed by atoms with Crippen LogP contribution in [0, 0.1) is 5.92 Å². The molecule has 2 N–H and O–H groups in total. The minimum absolute atomic E-state index is 0.569. The Kier molecular flexibility index (Phi) is 2.73. The zero-order valence-corrected chi connectivity index (χ0v) is 9.66. The SMILES string of the molecule is CC(C)Cn1cnnc1-c1ccsc1N. The van der Waals surface area contributed by atoms with Crippen molar-refractivity contribution in [3.05, 3.63) is 17.8 Å². The van der Waals surface area contributed by atoms with Crippen LogP contribution in [0.5, 0.6) is 0 Å². The topological polar surface area (TPSA) is 56.7 Å². The van der Waals surface area contributed by atoms with Crippen molar-refractivity contribution in [2.24, 2.45) is 5.92 Å². The molecule has 0 saturated carbocycles. The third-order valence-corrected chi connectivity index (χ3v) is 2.86. The molecule has 2 aromatic rings. The molecule has 2 rings (SSSR count). The van der Waals surface area contributed by atoms with E-state index in [2.05, 4.69) is 24.0 Å². The Balaban J connectivity index is 2.37. The van der Waals surface area contributed by atoms with Crippen LogP contribution in [0.25, 0.3) is 11.4 Å². The second-order valence-electron chi connectivity index (χ2n) is 3.90. The summed E-state index contributed by atoms with van der Waals surface area (Å²) in [4.78, 5) is 0. The molecule has 0 aliphatic carbocycles. The van der Waals surface area contributed by atoms with Gasteiger partial charge in [0.25, 0.3) is 0 Å². The molecule has 0 unspecified atom stereocenters. The molecule has 0 spiro atoms. The van der Waals surface area contributed by atoms with Gasteiger partial charge < -0.3 is 10.3 Å². The number of hydrogen-bond acceptors (Lipinski definition) is 4. The van der Waals surface area contributed by atoms with Gasteiger partial charge in [-0.15, -0.1) is 21.5 Å². The Bertz CT molecular complexity index is 444. The second-order valence-corrected chi connectivity index (χ2v) is 4.85. The summed E-state index contributed by atoms with van der Waals surface area (Å²) in [5, 5.41) is 10.8. The van der Waals surface area contributed by atoms with Crippen LogP contribution in [0.15, 0.2) is 17.8 Å². The lowest BCUT2D eigenvalue weighted by molar-refractivity contribution is 0.525. The number of nitrogen functional groups attached to an aromatic ring is 1. The fraction of sp³-hybridized carbons (Fsp3) is 0.400. The van der Waals surface area contributed by atoms with Gasteiger partial charge in [-0.3, -0.25) is 0 Å². The van der Waals surface area contributed by atoms with Gasteiger partial charge in [-0.1, -0.05) is 13.8 Å². The summed E-state index contributed by atoms with van der Waals surface area (Å²) in [5.41, 5.74) is 6.85. The molecule has 0 fully saturated rings. The molecule has 2 heterocycles. The Morgan fingerprint density at radius 2 is 2.33 bits per heavy atom. The van der Waals surface area contributed by atoms with Gasteiger partial charge >= 0.3 is 0 Å². The molecule has 0 aliphatic heterocycles. The molecule has 0 saturated heterocycles. The largest absolute Gasteiger partial charge is 0.390 e. The summed E-state index contributed by atoms with van der Waals surface area (Å²) in [6, 6.07) is 1.99. The van der Waals surface area contributed by atoms with Crippen molar-refractivity contribution in [2.45, 2.75) is 20.4 Å². The molecular weight excluding hydrogens is 208 g/mol. The molecule has 2 aromatic heterocycles. The van der Waals surface area contributed by atoms with Gasteiger partial charge in [0.1, 0.15) is 6.33 Å². The lowest BCUT2D eigenvalue weighted by Crippen LogP contribution is -2.05. The highest BCUT2D eigenvalue weighted by Crippen LogP contribution is 2.28. The van der Waals surface area contributed by atoms with Gasteiger partial charge in [0, 0.05) is 6.54 Å². The van der Waals surface area contributed by atoms with E-state index in [-0.39, 0.29) is 0 Å². The number of nitrogens with zero attached hydrogens (tertiary/aromatic N) is 3. The maximum Gasteiger partial charge on any atom is 0.166 e.